The fraction of sp³-hybridized carbons (Fsp3) is 0.333. The number of rotatable bonds is 6. The summed E-state index contributed by atoms with van der Waals surface area (Å²) in [6.45, 7) is 1.36. The molecule has 1 aromatic carbocycles. The van der Waals surface area contributed by atoms with Crippen molar-refractivity contribution in [3.05, 3.63) is 28.8 Å². The first-order chi connectivity index (χ1) is 8.67. The van der Waals surface area contributed by atoms with Crippen LogP contribution in [0.5, 0.6) is 0 Å². The number of carbonyl (C=O) groups is 1. The van der Waals surface area contributed by atoms with E-state index in [9.17, 15) is 4.79 Å². The molecule has 0 aliphatic carbocycles. The van der Waals surface area contributed by atoms with Crippen LogP contribution in [0.3, 0.4) is 0 Å². The van der Waals surface area contributed by atoms with Crippen LogP contribution >= 0.6 is 11.6 Å². The van der Waals surface area contributed by atoms with E-state index < -0.39 is 0 Å². The van der Waals surface area contributed by atoms with Crippen LogP contribution in [0.15, 0.2) is 18.2 Å². The van der Waals surface area contributed by atoms with Crippen LogP contribution in [0.25, 0.3) is 0 Å². The maximum absolute atomic E-state index is 11.5. The van der Waals surface area contributed by atoms with Crippen LogP contribution in [-0.4, -0.2) is 32.7 Å². The second kappa shape index (κ2) is 7.67. The van der Waals surface area contributed by atoms with Crippen molar-refractivity contribution in [2.24, 2.45) is 0 Å². The fourth-order valence-corrected chi connectivity index (χ4v) is 1.49. The lowest BCUT2D eigenvalue weighted by molar-refractivity contribution is -0.115. The molecule has 18 heavy (non-hydrogen) atoms. The van der Waals surface area contributed by atoms with E-state index in [2.05, 4.69) is 10.6 Å². The lowest BCUT2D eigenvalue weighted by Crippen LogP contribution is -2.30. The van der Waals surface area contributed by atoms with Crippen LogP contribution in [-0.2, 0) is 9.53 Å². The number of amides is 1. The Bertz CT molecular complexity index is 457. The van der Waals surface area contributed by atoms with Crippen LogP contribution in [0.2, 0.25) is 5.02 Å². The van der Waals surface area contributed by atoms with Crippen molar-refractivity contribution in [2.75, 3.05) is 32.1 Å². The number of hydrogen-bond donors (Lipinski definition) is 2. The molecule has 0 atom stereocenters. The highest BCUT2D eigenvalue weighted by Crippen LogP contribution is 2.19. The molecule has 0 saturated carbocycles. The van der Waals surface area contributed by atoms with Gasteiger partial charge in [0.05, 0.1) is 23.7 Å². The quantitative estimate of drug-likeness (QED) is 0.764. The molecule has 0 aliphatic heterocycles. The molecule has 0 bridgehead atoms. The fourth-order valence-electron chi connectivity index (χ4n) is 1.26. The van der Waals surface area contributed by atoms with Gasteiger partial charge in [0.1, 0.15) is 6.07 Å². The van der Waals surface area contributed by atoms with Crippen molar-refractivity contribution in [3.63, 3.8) is 0 Å². The molecule has 1 rings (SSSR count). The smallest absolute Gasteiger partial charge is 0.238 e. The summed E-state index contributed by atoms with van der Waals surface area (Å²) in [5, 5.41) is 14.6. The Kier molecular flexibility index (Phi) is 6.15. The predicted molar refractivity (Wildman–Crippen MR) is 69.5 cm³/mol. The molecule has 0 heterocycles. The largest absolute Gasteiger partial charge is 0.383 e. The summed E-state index contributed by atoms with van der Waals surface area (Å²) in [7, 11) is 1.60. The number of nitrogens with zero attached hydrogens (tertiary/aromatic N) is 1. The summed E-state index contributed by atoms with van der Waals surface area (Å²) in [5.74, 6) is -0.174. The molecule has 96 valence electrons. The van der Waals surface area contributed by atoms with E-state index in [1.165, 1.54) is 0 Å². The van der Waals surface area contributed by atoms with Crippen molar-refractivity contribution >= 4 is 23.2 Å². The zero-order valence-electron chi connectivity index (χ0n) is 10.00. The number of methoxy groups -OCH3 is 1. The molecule has 0 radical (unpaired) electrons. The molecule has 0 unspecified atom stereocenters. The van der Waals surface area contributed by atoms with Gasteiger partial charge in [-0.25, -0.2) is 0 Å². The van der Waals surface area contributed by atoms with Gasteiger partial charge in [-0.2, -0.15) is 5.26 Å². The first-order valence-corrected chi connectivity index (χ1v) is 5.74. The summed E-state index contributed by atoms with van der Waals surface area (Å²) in [4.78, 5) is 11.5. The van der Waals surface area contributed by atoms with E-state index >= 15 is 0 Å². The minimum Gasteiger partial charge on any atom is -0.383 e. The van der Waals surface area contributed by atoms with Crippen molar-refractivity contribution < 1.29 is 9.53 Å². The number of benzene rings is 1. The average molecular weight is 268 g/mol. The van der Waals surface area contributed by atoms with Gasteiger partial charge in [-0.3, -0.25) is 4.79 Å². The molecular formula is C12H14ClN3O2. The van der Waals surface area contributed by atoms with Gasteiger partial charge in [-0.15, -0.1) is 0 Å². The molecule has 0 aliphatic rings. The number of halogens is 1. The second-order valence-electron chi connectivity index (χ2n) is 3.52. The highest BCUT2D eigenvalue weighted by Gasteiger charge is 2.04. The van der Waals surface area contributed by atoms with Gasteiger partial charge in [0.25, 0.3) is 0 Å². The highest BCUT2D eigenvalue weighted by atomic mass is 35.5. The van der Waals surface area contributed by atoms with E-state index in [1.54, 1.807) is 25.3 Å². The van der Waals surface area contributed by atoms with Gasteiger partial charge in [0, 0.05) is 19.3 Å². The van der Waals surface area contributed by atoms with E-state index in [0.29, 0.717) is 29.4 Å². The van der Waals surface area contributed by atoms with Gasteiger partial charge >= 0.3 is 0 Å². The molecule has 0 aromatic heterocycles. The average Bonchev–Trinajstić information content (AvgIpc) is 2.35. The molecular weight excluding hydrogens is 254 g/mol. The number of anilines is 1. The number of nitriles is 1. The minimum absolute atomic E-state index is 0.174. The van der Waals surface area contributed by atoms with E-state index in [4.69, 9.17) is 21.6 Å². The maximum Gasteiger partial charge on any atom is 0.238 e. The lowest BCUT2D eigenvalue weighted by Gasteiger charge is -2.07. The van der Waals surface area contributed by atoms with Crippen LogP contribution in [0, 0.1) is 11.3 Å². The van der Waals surface area contributed by atoms with Crippen molar-refractivity contribution in [1.82, 2.24) is 5.32 Å². The molecule has 6 heteroatoms. The Morgan fingerprint density at radius 1 is 1.56 bits per heavy atom. The molecule has 0 saturated heterocycles. The SMILES string of the molecule is COCCNCC(=O)Nc1ccc(C#N)c(Cl)c1. The van der Waals surface area contributed by atoms with E-state index in [1.807, 2.05) is 6.07 Å². The summed E-state index contributed by atoms with van der Waals surface area (Å²) < 4.78 is 4.84. The number of carbonyl (C=O) groups excluding carboxylic acids is 1. The molecule has 0 fully saturated rings. The van der Waals surface area contributed by atoms with Crippen LogP contribution in [0.4, 0.5) is 5.69 Å². The van der Waals surface area contributed by atoms with Crippen molar-refractivity contribution in [1.29, 1.82) is 5.26 Å². The van der Waals surface area contributed by atoms with Crippen molar-refractivity contribution in [3.8, 4) is 6.07 Å². The molecule has 1 amide bonds. The Hall–Kier alpha value is -1.61. The molecule has 5 nitrogen and oxygen atoms in total. The number of hydrogen-bond acceptors (Lipinski definition) is 4. The van der Waals surface area contributed by atoms with Gasteiger partial charge in [0.2, 0.25) is 5.91 Å². The third-order valence-corrected chi connectivity index (χ3v) is 2.45. The van der Waals surface area contributed by atoms with Crippen LogP contribution in [0.1, 0.15) is 5.56 Å². The van der Waals surface area contributed by atoms with E-state index in [0.717, 1.165) is 0 Å². The van der Waals surface area contributed by atoms with Gasteiger partial charge in [-0.05, 0) is 18.2 Å². The first-order valence-electron chi connectivity index (χ1n) is 5.36. The van der Waals surface area contributed by atoms with E-state index in [-0.39, 0.29) is 12.5 Å². The zero-order chi connectivity index (χ0) is 13.4. The third kappa shape index (κ3) is 4.72. The minimum atomic E-state index is -0.174. The zero-order valence-corrected chi connectivity index (χ0v) is 10.8. The maximum atomic E-state index is 11.5. The Balaban J connectivity index is 2.45. The Labute approximate surface area is 111 Å². The molecule has 2 N–H and O–H groups in total. The first kappa shape index (κ1) is 14.5. The highest BCUT2D eigenvalue weighted by molar-refractivity contribution is 6.32. The molecule has 1 aromatic rings. The Morgan fingerprint density at radius 2 is 2.33 bits per heavy atom. The topological polar surface area (TPSA) is 74.2 Å². The summed E-state index contributed by atoms with van der Waals surface area (Å²) in [6.07, 6.45) is 0. The summed E-state index contributed by atoms with van der Waals surface area (Å²) >= 11 is 5.85. The Morgan fingerprint density at radius 3 is 2.94 bits per heavy atom. The standard InChI is InChI=1S/C12H14ClN3O2/c1-18-5-4-15-8-12(17)16-10-3-2-9(7-14)11(13)6-10/h2-3,6,15H,4-5,8H2,1H3,(H,16,17). The van der Waals surface area contributed by atoms with Gasteiger partial charge < -0.3 is 15.4 Å². The third-order valence-electron chi connectivity index (χ3n) is 2.14. The number of ether oxygens (including phenoxy) is 1. The molecule has 0 spiro atoms. The summed E-state index contributed by atoms with van der Waals surface area (Å²) in [5.41, 5.74) is 0.949. The van der Waals surface area contributed by atoms with Crippen molar-refractivity contribution in [2.45, 2.75) is 0 Å². The normalized spacial score (nSPS) is 9.83. The summed E-state index contributed by atoms with van der Waals surface area (Å²) in [6, 6.07) is 6.70. The van der Waals surface area contributed by atoms with Gasteiger partial charge in [-0.1, -0.05) is 11.6 Å². The number of nitrogens with one attached hydrogen (secondary N) is 2. The monoisotopic (exact) mass is 267 g/mol. The predicted octanol–water partition coefficient (Wildman–Crippen LogP) is 1.39. The van der Waals surface area contributed by atoms with Crippen LogP contribution < -0.4 is 10.6 Å². The lowest BCUT2D eigenvalue weighted by atomic mass is 10.2. The second-order valence-corrected chi connectivity index (χ2v) is 3.93. The van der Waals surface area contributed by atoms with Gasteiger partial charge in [0.15, 0.2) is 0 Å².